The molecule has 0 spiro atoms. The Bertz CT molecular complexity index is 272. The molecule has 1 aromatic carbocycles. The van der Waals surface area contributed by atoms with Gasteiger partial charge < -0.3 is 10.5 Å². The molecular formula is C9H11NO. The lowest BCUT2D eigenvalue weighted by Gasteiger charge is -2.07. The minimum Gasteiger partial charge on any atom is -0.488 e. The van der Waals surface area contributed by atoms with E-state index in [0.29, 0.717) is 0 Å². The van der Waals surface area contributed by atoms with Gasteiger partial charge in [-0.15, -0.1) is 0 Å². The first-order valence-corrected chi connectivity index (χ1v) is 3.80. The maximum Gasteiger partial charge on any atom is 0.124 e. The van der Waals surface area contributed by atoms with Crippen molar-refractivity contribution < 1.29 is 4.74 Å². The van der Waals surface area contributed by atoms with Crippen molar-refractivity contribution in [3.63, 3.8) is 0 Å². The zero-order valence-electron chi connectivity index (χ0n) is 6.45. The molecule has 2 heteroatoms. The summed E-state index contributed by atoms with van der Waals surface area (Å²) in [4.78, 5) is 0. The largest absolute Gasteiger partial charge is 0.488 e. The molecule has 2 nitrogen and oxygen atoms in total. The Morgan fingerprint density at radius 2 is 2.09 bits per heavy atom. The van der Waals surface area contributed by atoms with Crippen LogP contribution in [0.25, 0.3) is 0 Å². The Morgan fingerprint density at radius 1 is 1.36 bits per heavy atom. The van der Waals surface area contributed by atoms with Crippen LogP contribution in [0.1, 0.15) is 18.5 Å². The van der Waals surface area contributed by atoms with E-state index in [1.165, 1.54) is 0 Å². The number of para-hydroxylation sites is 1. The molecule has 1 aliphatic rings. The first-order chi connectivity index (χ1) is 5.29. The normalized spacial score (nSPS) is 27.8. The van der Waals surface area contributed by atoms with Crippen molar-refractivity contribution in [2.75, 3.05) is 0 Å². The third-order valence-electron chi connectivity index (χ3n) is 2.10. The molecule has 0 saturated carbocycles. The second kappa shape index (κ2) is 2.24. The van der Waals surface area contributed by atoms with E-state index < -0.39 is 0 Å². The van der Waals surface area contributed by atoms with Crippen LogP contribution < -0.4 is 10.5 Å². The molecule has 0 aromatic heterocycles. The van der Waals surface area contributed by atoms with E-state index in [0.717, 1.165) is 11.3 Å². The minimum atomic E-state index is 0.0474. The van der Waals surface area contributed by atoms with E-state index in [2.05, 4.69) is 0 Å². The van der Waals surface area contributed by atoms with E-state index >= 15 is 0 Å². The van der Waals surface area contributed by atoms with Crippen molar-refractivity contribution in [2.45, 2.75) is 19.1 Å². The fourth-order valence-corrected chi connectivity index (χ4v) is 1.39. The molecular weight excluding hydrogens is 138 g/mol. The highest BCUT2D eigenvalue weighted by Crippen LogP contribution is 2.34. The fourth-order valence-electron chi connectivity index (χ4n) is 1.39. The van der Waals surface area contributed by atoms with E-state index in [1.54, 1.807) is 0 Å². The first kappa shape index (κ1) is 6.68. The van der Waals surface area contributed by atoms with Gasteiger partial charge in [0.25, 0.3) is 0 Å². The summed E-state index contributed by atoms with van der Waals surface area (Å²) < 4.78 is 5.49. The van der Waals surface area contributed by atoms with Crippen LogP contribution in [-0.4, -0.2) is 6.10 Å². The van der Waals surface area contributed by atoms with Crippen LogP contribution in [0, 0.1) is 0 Å². The van der Waals surface area contributed by atoms with Crippen molar-refractivity contribution in [2.24, 2.45) is 5.73 Å². The maximum absolute atomic E-state index is 5.86. The number of hydrogen-bond donors (Lipinski definition) is 1. The Kier molecular flexibility index (Phi) is 1.36. The van der Waals surface area contributed by atoms with Gasteiger partial charge in [0.2, 0.25) is 0 Å². The summed E-state index contributed by atoms with van der Waals surface area (Å²) in [5.74, 6) is 0.938. The molecule has 0 fully saturated rings. The van der Waals surface area contributed by atoms with Crippen LogP contribution >= 0.6 is 0 Å². The molecule has 1 aromatic rings. The van der Waals surface area contributed by atoms with Crippen LogP contribution in [0.3, 0.4) is 0 Å². The average Bonchev–Trinajstić information content (AvgIpc) is 2.30. The smallest absolute Gasteiger partial charge is 0.124 e. The van der Waals surface area contributed by atoms with Crippen LogP contribution in [-0.2, 0) is 0 Å². The number of rotatable bonds is 0. The molecule has 2 atom stereocenters. The summed E-state index contributed by atoms with van der Waals surface area (Å²) in [6, 6.07) is 7.97. The van der Waals surface area contributed by atoms with Crippen molar-refractivity contribution in [3.05, 3.63) is 29.8 Å². The highest BCUT2D eigenvalue weighted by Gasteiger charge is 2.26. The Balaban J connectivity index is 2.47. The van der Waals surface area contributed by atoms with Gasteiger partial charge in [0.05, 0.1) is 6.04 Å². The molecule has 58 valence electrons. The summed E-state index contributed by atoms with van der Waals surface area (Å²) in [6.45, 7) is 1.99. The van der Waals surface area contributed by atoms with Gasteiger partial charge in [0, 0.05) is 5.56 Å². The SMILES string of the molecule is C[C@H]1Oc2ccccc2[C@@H]1N. The van der Waals surface area contributed by atoms with Gasteiger partial charge in [-0.1, -0.05) is 18.2 Å². The molecule has 0 unspecified atom stereocenters. The number of nitrogens with two attached hydrogens (primary N) is 1. The number of ether oxygens (including phenoxy) is 1. The highest BCUT2D eigenvalue weighted by molar-refractivity contribution is 5.39. The topological polar surface area (TPSA) is 35.2 Å². The second-order valence-electron chi connectivity index (χ2n) is 2.89. The van der Waals surface area contributed by atoms with Crippen molar-refractivity contribution in [3.8, 4) is 5.75 Å². The average molecular weight is 149 g/mol. The van der Waals surface area contributed by atoms with Crippen LogP contribution in [0.15, 0.2) is 24.3 Å². The molecule has 2 rings (SSSR count). The number of benzene rings is 1. The van der Waals surface area contributed by atoms with E-state index in [9.17, 15) is 0 Å². The molecule has 1 heterocycles. The Morgan fingerprint density at radius 3 is 2.82 bits per heavy atom. The van der Waals surface area contributed by atoms with E-state index in [-0.39, 0.29) is 12.1 Å². The molecule has 0 bridgehead atoms. The second-order valence-corrected chi connectivity index (χ2v) is 2.89. The quantitative estimate of drug-likeness (QED) is 0.606. The number of fused-ring (bicyclic) bond motifs is 1. The minimum absolute atomic E-state index is 0.0474. The van der Waals surface area contributed by atoms with Gasteiger partial charge in [-0.05, 0) is 13.0 Å². The highest BCUT2D eigenvalue weighted by atomic mass is 16.5. The molecule has 0 aliphatic carbocycles. The van der Waals surface area contributed by atoms with Gasteiger partial charge in [0.15, 0.2) is 0 Å². The summed E-state index contributed by atoms with van der Waals surface area (Å²) in [5, 5.41) is 0. The third-order valence-corrected chi connectivity index (χ3v) is 2.10. The van der Waals surface area contributed by atoms with Gasteiger partial charge in [0.1, 0.15) is 11.9 Å². The van der Waals surface area contributed by atoms with Crippen molar-refractivity contribution >= 4 is 0 Å². The van der Waals surface area contributed by atoms with Crippen molar-refractivity contribution in [1.82, 2.24) is 0 Å². The molecule has 0 radical (unpaired) electrons. The monoisotopic (exact) mass is 149 g/mol. The Labute approximate surface area is 66.0 Å². The van der Waals surface area contributed by atoms with Crippen molar-refractivity contribution in [1.29, 1.82) is 0 Å². The first-order valence-electron chi connectivity index (χ1n) is 3.80. The van der Waals surface area contributed by atoms with Gasteiger partial charge in [-0.3, -0.25) is 0 Å². The Hall–Kier alpha value is -1.02. The number of hydrogen-bond acceptors (Lipinski definition) is 2. The lowest BCUT2D eigenvalue weighted by Crippen LogP contribution is -2.21. The standard InChI is InChI=1S/C9H11NO/c1-6-9(10)7-4-2-3-5-8(7)11-6/h2-6,9H,10H2,1H3/t6-,9-/m1/s1. The zero-order valence-corrected chi connectivity index (χ0v) is 6.45. The van der Waals surface area contributed by atoms with E-state index in [1.807, 2.05) is 31.2 Å². The van der Waals surface area contributed by atoms with Gasteiger partial charge in [-0.2, -0.15) is 0 Å². The summed E-state index contributed by atoms with van der Waals surface area (Å²) in [6.07, 6.45) is 0.118. The predicted octanol–water partition coefficient (Wildman–Crippen LogP) is 1.47. The fraction of sp³-hybridized carbons (Fsp3) is 0.333. The van der Waals surface area contributed by atoms with Crippen LogP contribution in [0.5, 0.6) is 5.75 Å². The summed E-state index contributed by atoms with van der Waals surface area (Å²) in [7, 11) is 0. The molecule has 1 aliphatic heterocycles. The molecule has 11 heavy (non-hydrogen) atoms. The summed E-state index contributed by atoms with van der Waals surface area (Å²) >= 11 is 0. The van der Waals surface area contributed by atoms with Crippen LogP contribution in [0.4, 0.5) is 0 Å². The van der Waals surface area contributed by atoms with Gasteiger partial charge >= 0.3 is 0 Å². The predicted molar refractivity (Wildman–Crippen MR) is 43.5 cm³/mol. The van der Waals surface area contributed by atoms with Gasteiger partial charge in [-0.25, -0.2) is 0 Å². The van der Waals surface area contributed by atoms with Crippen LogP contribution in [0.2, 0.25) is 0 Å². The third kappa shape index (κ3) is 0.906. The molecule has 0 saturated heterocycles. The lowest BCUT2D eigenvalue weighted by molar-refractivity contribution is 0.228. The molecule has 0 amide bonds. The maximum atomic E-state index is 5.86. The lowest BCUT2D eigenvalue weighted by atomic mass is 10.1. The van der Waals surface area contributed by atoms with E-state index in [4.69, 9.17) is 10.5 Å². The summed E-state index contributed by atoms with van der Waals surface area (Å²) in [5.41, 5.74) is 6.99. The zero-order chi connectivity index (χ0) is 7.84. The molecule has 2 N–H and O–H groups in total.